The van der Waals surface area contributed by atoms with Crippen molar-refractivity contribution in [2.75, 3.05) is 0 Å². The van der Waals surface area contributed by atoms with Gasteiger partial charge in [-0.1, -0.05) is 22.7 Å². The Hall–Kier alpha value is -1.87. The molecule has 0 aliphatic rings. The predicted molar refractivity (Wildman–Crippen MR) is 91.4 cm³/mol. The number of esters is 1. The Morgan fingerprint density at radius 1 is 1.23 bits per heavy atom. The van der Waals surface area contributed by atoms with Crippen molar-refractivity contribution < 1.29 is 9.53 Å². The van der Waals surface area contributed by atoms with E-state index < -0.39 is 5.97 Å². The highest BCUT2D eigenvalue weighted by molar-refractivity contribution is 14.1. The number of ether oxygens (including phenoxy) is 1. The molecule has 0 aliphatic heterocycles. The van der Waals surface area contributed by atoms with E-state index in [1.807, 2.05) is 30.3 Å². The number of carbonyl (C=O) groups is 1. The van der Waals surface area contributed by atoms with Gasteiger partial charge in [-0.3, -0.25) is 4.98 Å². The normalized spacial score (nSPS) is 10.4. The van der Waals surface area contributed by atoms with Crippen LogP contribution in [0.25, 0.3) is 11.3 Å². The molecule has 0 bridgehead atoms. The maximum absolute atomic E-state index is 12.3. The Labute approximate surface area is 144 Å². The lowest BCUT2D eigenvalue weighted by atomic mass is 10.2. The average molecular weight is 423 g/mol. The number of nitrogens with zero attached hydrogens (tertiary/aromatic N) is 3. The molecule has 0 atom stereocenters. The Morgan fingerprint density at radius 2 is 2.09 bits per heavy atom. The lowest BCUT2D eigenvalue weighted by molar-refractivity contribution is 0.0478. The van der Waals surface area contributed by atoms with Crippen LogP contribution in [-0.4, -0.2) is 20.5 Å². The molecule has 0 saturated carbocycles. The summed E-state index contributed by atoms with van der Waals surface area (Å²) in [7, 11) is 0. The minimum atomic E-state index is -0.423. The highest BCUT2D eigenvalue weighted by atomic mass is 127. The van der Waals surface area contributed by atoms with Crippen molar-refractivity contribution in [3.05, 3.63) is 62.8 Å². The number of halogens is 1. The van der Waals surface area contributed by atoms with Crippen molar-refractivity contribution in [1.29, 1.82) is 0 Å². The molecule has 0 aliphatic carbocycles. The third-order valence-electron chi connectivity index (χ3n) is 2.92. The van der Waals surface area contributed by atoms with Crippen molar-refractivity contribution in [2.45, 2.75) is 6.61 Å². The second-order valence-corrected chi connectivity index (χ2v) is 6.28. The largest absolute Gasteiger partial charge is 0.456 e. The molecule has 7 heteroatoms. The van der Waals surface area contributed by atoms with Crippen LogP contribution in [0.15, 0.2) is 48.8 Å². The summed E-state index contributed by atoms with van der Waals surface area (Å²) in [5.41, 5.74) is 2.22. The summed E-state index contributed by atoms with van der Waals surface area (Å²) in [6.45, 7) is 0.225. The van der Waals surface area contributed by atoms with E-state index in [0.717, 1.165) is 26.2 Å². The molecule has 0 unspecified atom stereocenters. The van der Waals surface area contributed by atoms with Gasteiger partial charge in [0.05, 0.1) is 0 Å². The van der Waals surface area contributed by atoms with Crippen LogP contribution in [0.5, 0.6) is 0 Å². The molecular formula is C15H10IN3O2S. The van der Waals surface area contributed by atoms with Gasteiger partial charge in [-0.2, -0.15) is 0 Å². The minimum absolute atomic E-state index is 0.225. The van der Waals surface area contributed by atoms with Crippen LogP contribution in [0.2, 0.25) is 0 Å². The van der Waals surface area contributed by atoms with E-state index >= 15 is 0 Å². The lowest BCUT2D eigenvalue weighted by Gasteiger charge is -2.06. The highest BCUT2D eigenvalue weighted by Crippen LogP contribution is 2.24. The number of hydrogen-bond acceptors (Lipinski definition) is 6. The molecule has 5 nitrogen and oxygen atoms in total. The summed E-state index contributed by atoms with van der Waals surface area (Å²) in [5, 5.41) is 4.01. The molecule has 0 N–H and O–H groups in total. The van der Waals surface area contributed by atoms with Crippen molar-refractivity contribution in [1.82, 2.24) is 14.6 Å². The number of pyridine rings is 1. The maximum atomic E-state index is 12.3. The van der Waals surface area contributed by atoms with E-state index in [9.17, 15) is 4.79 Å². The first-order chi connectivity index (χ1) is 10.8. The maximum Gasteiger partial charge on any atom is 0.352 e. The quantitative estimate of drug-likeness (QED) is 0.475. The first-order valence-electron chi connectivity index (χ1n) is 6.39. The van der Waals surface area contributed by atoms with Crippen LogP contribution < -0.4 is 0 Å². The standard InChI is InChI=1S/C15H10IN3O2S/c16-12-6-2-1-4-11(12)9-21-15(20)14-13(18-19-22-14)10-5-3-7-17-8-10/h1-8H,9H2. The van der Waals surface area contributed by atoms with Gasteiger partial charge in [0, 0.05) is 27.1 Å². The van der Waals surface area contributed by atoms with Gasteiger partial charge in [0.2, 0.25) is 0 Å². The first-order valence-corrected chi connectivity index (χ1v) is 8.24. The Kier molecular flexibility index (Phi) is 4.74. The monoisotopic (exact) mass is 423 g/mol. The van der Waals surface area contributed by atoms with Crippen molar-refractivity contribution in [3.63, 3.8) is 0 Å². The molecule has 3 aromatic rings. The third kappa shape index (κ3) is 3.30. The topological polar surface area (TPSA) is 65.0 Å². The van der Waals surface area contributed by atoms with Gasteiger partial charge in [-0.25, -0.2) is 4.79 Å². The fourth-order valence-corrected chi connectivity index (χ4v) is 2.97. The fraction of sp³-hybridized carbons (Fsp3) is 0.0667. The Bertz CT molecular complexity index is 792. The second kappa shape index (κ2) is 6.93. The van der Waals surface area contributed by atoms with E-state index in [2.05, 4.69) is 37.2 Å². The van der Waals surface area contributed by atoms with Crippen LogP contribution in [0.3, 0.4) is 0 Å². The van der Waals surface area contributed by atoms with Crippen LogP contribution >= 0.6 is 34.1 Å². The molecule has 3 rings (SSSR count). The van der Waals surface area contributed by atoms with Crippen molar-refractivity contribution in [3.8, 4) is 11.3 Å². The fourth-order valence-electron chi connectivity index (χ4n) is 1.84. The van der Waals surface area contributed by atoms with Crippen LogP contribution in [-0.2, 0) is 11.3 Å². The zero-order chi connectivity index (χ0) is 15.4. The summed E-state index contributed by atoms with van der Waals surface area (Å²) < 4.78 is 10.3. The van der Waals surface area contributed by atoms with Gasteiger partial charge in [0.25, 0.3) is 0 Å². The van der Waals surface area contributed by atoms with E-state index in [-0.39, 0.29) is 6.61 Å². The van der Waals surface area contributed by atoms with Gasteiger partial charge in [0.15, 0.2) is 4.88 Å². The minimum Gasteiger partial charge on any atom is -0.456 e. The van der Waals surface area contributed by atoms with Gasteiger partial charge in [-0.15, -0.1) is 5.10 Å². The van der Waals surface area contributed by atoms with Gasteiger partial charge in [-0.05, 0) is 52.3 Å². The van der Waals surface area contributed by atoms with Crippen molar-refractivity contribution in [2.24, 2.45) is 0 Å². The first kappa shape index (κ1) is 15.0. The number of benzene rings is 1. The SMILES string of the molecule is O=C(OCc1ccccc1I)c1snnc1-c1cccnc1. The van der Waals surface area contributed by atoms with E-state index in [0.29, 0.717) is 10.6 Å². The molecule has 22 heavy (non-hydrogen) atoms. The van der Waals surface area contributed by atoms with Gasteiger partial charge in [0.1, 0.15) is 12.3 Å². The summed E-state index contributed by atoms with van der Waals surface area (Å²) in [4.78, 5) is 16.7. The summed E-state index contributed by atoms with van der Waals surface area (Å²) in [6.07, 6.45) is 3.31. The molecular weight excluding hydrogens is 413 g/mol. The number of aromatic nitrogens is 3. The van der Waals surface area contributed by atoms with Crippen LogP contribution in [0.1, 0.15) is 15.2 Å². The molecule has 0 amide bonds. The van der Waals surface area contributed by atoms with E-state index in [1.54, 1.807) is 18.5 Å². The Balaban J connectivity index is 1.77. The molecule has 110 valence electrons. The molecule has 0 fully saturated rings. The predicted octanol–water partition coefficient (Wildman–Crippen LogP) is 3.56. The lowest BCUT2D eigenvalue weighted by Crippen LogP contribution is -2.05. The zero-order valence-corrected chi connectivity index (χ0v) is 14.2. The number of rotatable bonds is 4. The van der Waals surface area contributed by atoms with E-state index in [1.165, 1.54) is 0 Å². The van der Waals surface area contributed by atoms with Crippen LogP contribution in [0.4, 0.5) is 0 Å². The smallest absolute Gasteiger partial charge is 0.352 e. The molecule has 2 heterocycles. The third-order valence-corrected chi connectivity index (χ3v) is 4.68. The van der Waals surface area contributed by atoms with Gasteiger partial charge >= 0.3 is 5.97 Å². The van der Waals surface area contributed by atoms with Gasteiger partial charge < -0.3 is 4.74 Å². The molecule has 0 spiro atoms. The Morgan fingerprint density at radius 3 is 2.86 bits per heavy atom. The molecule has 0 saturated heterocycles. The zero-order valence-electron chi connectivity index (χ0n) is 11.3. The molecule has 2 aromatic heterocycles. The van der Waals surface area contributed by atoms with Crippen molar-refractivity contribution >= 4 is 40.1 Å². The van der Waals surface area contributed by atoms with E-state index in [4.69, 9.17) is 4.74 Å². The summed E-state index contributed by atoms with van der Waals surface area (Å²) in [5.74, 6) is -0.423. The number of hydrogen-bond donors (Lipinski definition) is 0. The summed E-state index contributed by atoms with van der Waals surface area (Å²) >= 11 is 3.24. The second-order valence-electron chi connectivity index (χ2n) is 4.36. The summed E-state index contributed by atoms with van der Waals surface area (Å²) in [6, 6.07) is 11.4. The molecule has 1 aromatic carbocycles. The average Bonchev–Trinajstić information content (AvgIpc) is 3.04. The number of carbonyl (C=O) groups excluding carboxylic acids is 1. The van der Waals surface area contributed by atoms with Crippen LogP contribution in [0, 0.1) is 3.57 Å². The highest BCUT2D eigenvalue weighted by Gasteiger charge is 2.19. The molecule has 0 radical (unpaired) electrons.